The Bertz CT molecular complexity index is 1390. The molecule has 4 aromatic rings. The van der Waals surface area contributed by atoms with E-state index in [1.807, 2.05) is 0 Å². The summed E-state index contributed by atoms with van der Waals surface area (Å²) >= 11 is 6.33. The Morgan fingerprint density at radius 1 is 1.11 bits per heavy atom. The van der Waals surface area contributed by atoms with E-state index in [1.165, 1.54) is 32.4 Å². The number of alkyl halides is 2. The summed E-state index contributed by atoms with van der Waals surface area (Å²) in [6, 6.07) is 6.26. The predicted molar refractivity (Wildman–Crippen MR) is 130 cm³/mol. The molecule has 0 fully saturated rings. The Kier molecular flexibility index (Phi) is 6.73. The number of hydrogen-bond donors (Lipinski definition) is 2. The van der Waals surface area contributed by atoms with Crippen LogP contribution in [0.25, 0.3) is 28.4 Å². The Morgan fingerprint density at radius 3 is 2.46 bits per heavy atom. The molecule has 3 aromatic heterocycles. The zero-order chi connectivity index (χ0) is 25.3. The molecule has 0 saturated carbocycles. The maximum atomic E-state index is 14.9. The Hall–Kier alpha value is -3.56. The van der Waals surface area contributed by atoms with Gasteiger partial charge in [0.1, 0.15) is 22.9 Å². The molecule has 2 N–H and O–H groups in total. The van der Waals surface area contributed by atoms with Crippen molar-refractivity contribution in [3.8, 4) is 11.3 Å². The Morgan fingerprint density at radius 2 is 1.83 bits per heavy atom. The van der Waals surface area contributed by atoms with Gasteiger partial charge in [0, 0.05) is 30.2 Å². The van der Waals surface area contributed by atoms with E-state index in [2.05, 4.69) is 31.8 Å². The molecule has 35 heavy (non-hydrogen) atoms. The summed E-state index contributed by atoms with van der Waals surface area (Å²) in [5.41, 5.74) is 0.137. The van der Waals surface area contributed by atoms with Gasteiger partial charge >= 0.3 is 0 Å². The number of aromatic nitrogens is 4. The van der Waals surface area contributed by atoms with Crippen molar-refractivity contribution in [2.75, 3.05) is 5.32 Å². The van der Waals surface area contributed by atoms with E-state index in [-0.39, 0.29) is 38.8 Å². The van der Waals surface area contributed by atoms with Crippen molar-refractivity contribution < 1.29 is 18.3 Å². The van der Waals surface area contributed by atoms with Crippen LogP contribution in [0, 0.1) is 5.82 Å². The number of anilines is 1. The fraction of sp³-hybridized carbons (Fsp3) is 0.200. The van der Waals surface area contributed by atoms with Gasteiger partial charge in [-0.2, -0.15) is 0 Å². The van der Waals surface area contributed by atoms with E-state index in [4.69, 9.17) is 11.6 Å². The summed E-state index contributed by atoms with van der Waals surface area (Å²) in [4.78, 5) is 16.6. The first-order valence-corrected chi connectivity index (χ1v) is 10.9. The molecule has 0 aliphatic heterocycles. The van der Waals surface area contributed by atoms with Gasteiger partial charge in [-0.25, -0.2) is 28.1 Å². The van der Waals surface area contributed by atoms with Crippen molar-refractivity contribution in [3.63, 3.8) is 0 Å². The van der Waals surface area contributed by atoms with Gasteiger partial charge in [-0.15, -0.1) is 0 Å². The highest BCUT2D eigenvalue weighted by atomic mass is 35.5. The van der Waals surface area contributed by atoms with Crippen LogP contribution >= 0.6 is 11.6 Å². The lowest BCUT2D eigenvalue weighted by molar-refractivity contribution is 0.0687. The van der Waals surface area contributed by atoms with Crippen LogP contribution in [0.5, 0.6) is 0 Å². The summed E-state index contributed by atoms with van der Waals surface area (Å²) in [6.07, 6.45) is 2.66. The molecule has 0 aliphatic carbocycles. The molecule has 180 valence electrons. The minimum Gasteiger partial charge on any atom is -0.382 e. The number of nitrogens with zero attached hydrogens (tertiary/aromatic N) is 4. The minimum atomic E-state index is -2.79. The molecule has 3 heterocycles. The third kappa shape index (κ3) is 5.11. The number of rotatable bonds is 7. The van der Waals surface area contributed by atoms with Crippen molar-refractivity contribution >= 4 is 34.4 Å². The first-order valence-electron chi connectivity index (χ1n) is 10.6. The maximum absolute atomic E-state index is 14.9. The quantitative estimate of drug-likeness (QED) is 0.316. The summed E-state index contributed by atoms with van der Waals surface area (Å²) in [5.74, 6) is -0.557. The average molecular weight is 500 g/mol. The van der Waals surface area contributed by atoms with Gasteiger partial charge in [0.25, 0.3) is 6.43 Å². The van der Waals surface area contributed by atoms with Crippen molar-refractivity contribution in [1.82, 2.24) is 19.9 Å². The summed E-state index contributed by atoms with van der Waals surface area (Å²) < 4.78 is 43.2. The number of hydrogen-bond acceptors (Lipinski definition) is 6. The largest absolute Gasteiger partial charge is 0.382 e. The van der Waals surface area contributed by atoms with Gasteiger partial charge < -0.3 is 10.4 Å². The van der Waals surface area contributed by atoms with Crippen LogP contribution < -0.4 is 5.32 Å². The highest BCUT2D eigenvalue weighted by Crippen LogP contribution is 2.36. The van der Waals surface area contributed by atoms with Crippen molar-refractivity contribution in [2.45, 2.75) is 31.9 Å². The topological polar surface area (TPSA) is 83.8 Å². The SMILES string of the molecule is C=Cc1cccc(C(Nc2c(Cl)cnc3cc(F)c(-c4cnc(C(C)(C)O)nc4)nc23)C(F)F)c1. The Labute approximate surface area is 204 Å². The lowest BCUT2D eigenvalue weighted by Crippen LogP contribution is -2.20. The summed E-state index contributed by atoms with van der Waals surface area (Å²) in [7, 11) is 0. The first-order chi connectivity index (χ1) is 16.6. The molecule has 1 unspecified atom stereocenters. The van der Waals surface area contributed by atoms with Gasteiger partial charge in [0.05, 0.1) is 16.2 Å². The predicted octanol–water partition coefficient (Wildman–Crippen LogP) is 6.17. The molecule has 0 saturated heterocycles. The Balaban J connectivity index is 1.82. The van der Waals surface area contributed by atoms with Gasteiger partial charge in [-0.05, 0) is 31.0 Å². The number of halogens is 4. The number of benzene rings is 1. The van der Waals surface area contributed by atoms with Crippen molar-refractivity contribution in [2.24, 2.45) is 0 Å². The van der Waals surface area contributed by atoms with Gasteiger partial charge in [0.2, 0.25) is 0 Å². The highest BCUT2D eigenvalue weighted by Gasteiger charge is 2.26. The fourth-order valence-electron chi connectivity index (χ4n) is 3.50. The van der Waals surface area contributed by atoms with Gasteiger partial charge in [-0.1, -0.05) is 42.5 Å². The zero-order valence-electron chi connectivity index (χ0n) is 18.8. The second kappa shape index (κ2) is 9.59. The lowest BCUT2D eigenvalue weighted by atomic mass is 10.0. The third-order valence-electron chi connectivity index (χ3n) is 5.28. The monoisotopic (exact) mass is 499 g/mol. The van der Waals surface area contributed by atoms with Crippen molar-refractivity contribution in [3.05, 3.63) is 83.3 Å². The molecule has 4 rings (SSSR count). The van der Waals surface area contributed by atoms with Crippen LogP contribution in [0.2, 0.25) is 5.02 Å². The first kappa shape index (κ1) is 24.6. The van der Waals surface area contributed by atoms with E-state index in [1.54, 1.807) is 30.3 Å². The zero-order valence-corrected chi connectivity index (χ0v) is 19.6. The third-order valence-corrected chi connectivity index (χ3v) is 5.56. The van der Waals surface area contributed by atoms with E-state index in [9.17, 15) is 18.3 Å². The fourth-order valence-corrected chi connectivity index (χ4v) is 3.69. The molecule has 1 aromatic carbocycles. The van der Waals surface area contributed by atoms with Crippen LogP contribution in [0.3, 0.4) is 0 Å². The molecule has 1 atom stereocenters. The highest BCUT2D eigenvalue weighted by molar-refractivity contribution is 6.34. The number of aliphatic hydroxyl groups is 1. The second-order valence-corrected chi connectivity index (χ2v) is 8.76. The molecular weight excluding hydrogens is 479 g/mol. The van der Waals surface area contributed by atoms with Crippen LogP contribution in [-0.4, -0.2) is 31.5 Å². The van der Waals surface area contributed by atoms with E-state index >= 15 is 0 Å². The maximum Gasteiger partial charge on any atom is 0.262 e. The summed E-state index contributed by atoms with van der Waals surface area (Å²) in [6.45, 7) is 6.71. The number of pyridine rings is 2. The molecule has 0 amide bonds. The molecule has 0 aliphatic rings. The molecule has 0 radical (unpaired) electrons. The van der Waals surface area contributed by atoms with Crippen LogP contribution in [-0.2, 0) is 5.60 Å². The van der Waals surface area contributed by atoms with Crippen LogP contribution in [0.4, 0.5) is 18.9 Å². The normalized spacial score (nSPS) is 12.7. The molecule has 0 spiro atoms. The van der Waals surface area contributed by atoms with E-state index in [0.717, 1.165) is 6.07 Å². The second-order valence-electron chi connectivity index (χ2n) is 8.35. The number of fused-ring (bicyclic) bond motifs is 1. The van der Waals surface area contributed by atoms with E-state index < -0.39 is 23.9 Å². The smallest absolute Gasteiger partial charge is 0.262 e. The summed E-state index contributed by atoms with van der Waals surface area (Å²) in [5, 5.41) is 12.9. The van der Waals surface area contributed by atoms with Crippen molar-refractivity contribution in [1.29, 1.82) is 0 Å². The molecule has 0 bridgehead atoms. The number of nitrogens with one attached hydrogen (secondary N) is 1. The van der Waals surface area contributed by atoms with Gasteiger partial charge in [-0.3, -0.25) is 4.98 Å². The lowest BCUT2D eigenvalue weighted by Gasteiger charge is -2.22. The molecule has 10 heteroatoms. The van der Waals surface area contributed by atoms with Gasteiger partial charge in [0.15, 0.2) is 11.6 Å². The minimum absolute atomic E-state index is 0.0433. The molecular formula is C25H21ClF3N5O. The van der Waals surface area contributed by atoms with Crippen LogP contribution in [0.15, 0.2) is 55.5 Å². The average Bonchev–Trinajstić information content (AvgIpc) is 2.82. The molecule has 6 nitrogen and oxygen atoms in total. The van der Waals surface area contributed by atoms with Crippen LogP contribution in [0.1, 0.15) is 36.8 Å². The standard InChI is InChI=1S/C25H21ClF3N5O/c1-4-13-6-5-7-14(8-13)20(23(28)29)34-21-16(26)12-30-18-9-17(27)19(33-22(18)21)15-10-31-24(32-11-15)25(2,3)35/h4-12,20,23,35H,1H2,2-3H3,(H,30,34). The van der Waals surface area contributed by atoms with E-state index in [0.29, 0.717) is 11.1 Å².